The van der Waals surface area contributed by atoms with Crippen molar-refractivity contribution in [3.8, 4) is 102 Å². The number of benzene rings is 21. The second-order valence-electron chi connectivity index (χ2n) is 37.0. The molecule has 0 N–H and O–H groups in total. The van der Waals surface area contributed by atoms with Gasteiger partial charge in [-0.05, 0) is 161 Å². The van der Waals surface area contributed by atoms with Crippen molar-refractivity contribution in [2.75, 3.05) is 0 Å². The molecule has 0 fully saturated rings. The van der Waals surface area contributed by atoms with Gasteiger partial charge in [-0.15, -0.1) is 11.3 Å². The maximum absolute atomic E-state index is 6.70. The molecular weight excluding hydrogens is 1790 g/mol. The topological polar surface area (TPSA) is 123 Å². The summed E-state index contributed by atoms with van der Waals surface area (Å²) in [6.07, 6.45) is 0. The van der Waals surface area contributed by atoms with E-state index in [0.29, 0.717) is 11.9 Å². The van der Waals surface area contributed by atoms with E-state index in [-0.39, 0.29) is 0 Å². The first-order valence-corrected chi connectivity index (χ1v) is 49.7. The van der Waals surface area contributed by atoms with Crippen LogP contribution in [0.3, 0.4) is 0 Å². The lowest BCUT2D eigenvalue weighted by atomic mass is 9.98. The van der Waals surface area contributed by atoms with E-state index in [9.17, 15) is 0 Å². The predicted octanol–water partition coefficient (Wildman–Crippen LogP) is 35.1. The summed E-state index contributed by atoms with van der Waals surface area (Å²) in [5.41, 5.74) is 31.1. The summed E-state index contributed by atoms with van der Waals surface area (Å²) < 4.78 is 25.1. The molecular formula is C132H80N10O2S. The van der Waals surface area contributed by atoms with Crippen LogP contribution in [0.15, 0.2) is 494 Å². The molecule has 21 aromatic carbocycles. The predicted molar refractivity (Wildman–Crippen MR) is 601 cm³/mol. The molecule has 0 amide bonds. The summed E-state index contributed by atoms with van der Waals surface area (Å²) in [7, 11) is 0. The van der Waals surface area contributed by atoms with Crippen LogP contribution >= 0.6 is 11.3 Å². The lowest BCUT2D eigenvalue weighted by Crippen LogP contribution is -2.03. The minimum absolute atomic E-state index is 0.623. The Bertz CT molecular complexity index is 10600. The van der Waals surface area contributed by atoms with Gasteiger partial charge in [-0.2, -0.15) is 0 Å². The zero-order valence-electron chi connectivity index (χ0n) is 77.9. The van der Waals surface area contributed by atoms with Gasteiger partial charge in [-0.1, -0.05) is 358 Å². The number of thiophene rings is 1. The minimum atomic E-state index is 0.623. The summed E-state index contributed by atoms with van der Waals surface area (Å²) in [4.78, 5) is 31.4. The Balaban J connectivity index is 0.000000103. The lowest BCUT2D eigenvalue weighted by Gasteiger charge is -2.12. The third-order valence-electron chi connectivity index (χ3n) is 28.8. The van der Waals surface area contributed by atoms with Gasteiger partial charge in [-0.3, -0.25) is 9.13 Å². The molecule has 0 radical (unpaired) electrons. The van der Waals surface area contributed by atoms with E-state index < -0.39 is 0 Å². The van der Waals surface area contributed by atoms with Crippen molar-refractivity contribution >= 4 is 195 Å². The quantitative estimate of drug-likeness (QED) is 0.125. The highest BCUT2D eigenvalue weighted by atomic mass is 32.1. The number of hydrogen-bond donors (Lipinski definition) is 0. The van der Waals surface area contributed by atoms with E-state index in [1.807, 2.05) is 84.1 Å². The maximum Gasteiger partial charge on any atom is 0.235 e. The summed E-state index contributed by atoms with van der Waals surface area (Å²) in [6.45, 7) is 0. The zero-order valence-corrected chi connectivity index (χ0v) is 78.7. The average Bonchev–Trinajstić information content (AvgIpc) is 1.55. The van der Waals surface area contributed by atoms with Gasteiger partial charge < -0.3 is 18.0 Å². The summed E-state index contributed by atoms with van der Waals surface area (Å²) >= 11 is 1.88. The normalized spacial score (nSPS) is 11.9. The summed E-state index contributed by atoms with van der Waals surface area (Å²) in [6, 6.07) is 171. The number of nitrogens with zero attached hydrogens (tertiary/aromatic N) is 10. The first-order chi connectivity index (χ1) is 71.9. The Hall–Kier alpha value is -19.3. The Morgan fingerprint density at radius 2 is 0.538 bits per heavy atom. The van der Waals surface area contributed by atoms with Crippen molar-refractivity contribution in [2.24, 2.45) is 0 Å². The molecule has 0 aliphatic carbocycles. The SMILES string of the molecule is c1ccc(-c2ccc(-c3nc(-c4ccc5c6c7sc8ccccc8c7ccc6n(-c6ccccc6)c5c4)nc4ccccc34)cc2)cc1.c1ccc(-c2cccc(-c3ccc4c5c6oc7ccccc7c6ccc5n(-c5nc(-c6ccccc6)c6ccccc6n5)c4c3)c2)cc1.c1ccc(-c2nc(-n3c4ccc(-n5c6ccccc6c6ccccc65)cc4c4c5oc6ccccc6c5ccc43)nc3ccccc23)cc1. The number of rotatable bonds is 11. The zero-order chi connectivity index (χ0) is 95.3. The van der Waals surface area contributed by atoms with E-state index >= 15 is 0 Å². The van der Waals surface area contributed by atoms with Crippen LogP contribution in [0.4, 0.5) is 0 Å². The van der Waals surface area contributed by atoms with Gasteiger partial charge in [0.15, 0.2) is 5.82 Å². The summed E-state index contributed by atoms with van der Waals surface area (Å²) in [5.74, 6) is 1.96. The molecule has 0 bridgehead atoms. The molecule has 0 unspecified atom stereocenters. The van der Waals surface area contributed by atoms with Gasteiger partial charge >= 0.3 is 0 Å². The minimum Gasteiger partial charge on any atom is -0.455 e. The molecule has 13 heteroatoms. The molecule has 10 heterocycles. The third-order valence-corrected chi connectivity index (χ3v) is 30.0. The van der Waals surface area contributed by atoms with Crippen LogP contribution in [0.5, 0.6) is 0 Å². The fourth-order valence-electron chi connectivity index (χ4n) is 22.1. The van der Waals surface area contributed by atoms with Gasteiger partial charge in [0.05, 0.1) is 88.5 Å². The highest BCUT2D eigenvalue weighted by Gasteiger charge is 2.28. The fourth-order valence-corrected chi connectivity index (χ4v) is 23.4. The van der Waals surface area contributed by atoms with Crippen LogP contribution in [0, 0.1) is 0 Å². The molecule has 10 aromatic heterocycles. The molecule has 0 aliphatic rings. The molecule has 676 valence electrons. The maximum atomic E-state index is 6.70. The smallest absolute Gasteiger partial charge is 0.235 e. The molecule has 0 atom stereocenters. The fraction of sp³-hybridized carbons (Fsp3) is 0. The standard InChI is InChI=1S/C44H26N4O.C44H27N3O.C44H27N3S/c1-2-12-27(13-3-1)42-33-17-4-8-18-35(33)45-44(46-42)48-38-24-22-28(47-36-19-9-5-14-29(36)30-15-6-10-20-37(30)47)26-34(38)41-39(48)25-23-32-31-16-7-11-21-40(31)49-43(32)41;1-3-12-28(13-4-1)30-16-11-17-31(26-30)32-22-23-36-39(27-32)47(38-25-24-34-33-18-8-10-21-40(33)48-43(34)41(36)38)44-45-37-20-9-7-19-35(37)42(46-44)29-14-5-2-6-15-29;1-3-11-28(12-4-1)29-19-21-30(22-20-29)42-35-16-7-9-17-37(35)45-44(46-42)31-23-24-36-39(27-31)47(32-13-5-2-6-14-32)38-26-25-34-33-15-8-10-18-40(33)48-43(34)41(36)38/h1-26H;2*1-27H. The third kappa shape index (κ3) is 13.7. The van der Waals surface area contributed by atoms with E-state index in [1.165, 1.54) is 80.5 Å². The number of hydrogen-bond acceptors (Lipinski definition) is 9. The van der Waals surface area contributed by atoms with Crippen molar-refractivity contribution in [3.05, 3.63) is 485 Å². The summed E-state index contributed by atoms with van der Waals surface area (Å²) in [5, 5.41) is 19.4. The number of aromatic nitrogens is 10. The highest BCUT2D eigenvalue weighted by molar-refractivity contribution is 7.26. The van der Waals surface area contributed by atoms with Gasteiger partial charge in [0.2, 0.25) is 11.9 Å². The Morgan fingerprint density at radius 1 is 0.179 bits per heavy atom. The monoisotopic (exact) mass is 1870 g/mol. The molecule has 0 spiro atoms. The van der Waals surface area contributed by atoms with Crippen LogP contribution in [-0.2, 0) is 0 Å². The van der Waals surface area contributed by atoms with Gasteiger partial charge in [0.25, 0.3) is 0 Å². The van der Waals surface area contributed by atoms with Crippen LogP contribution in [0.2, 0.25) is 0 Å². The molecule has 0 saturated heterocycles. The van der Waals surface area contributed by atoms with Crippen molar-refractivity contribution in [3.63, 3.8) is 0 Å². The van der Waals surface area contributed by atoms with Crippen LogP contribution in [0.25, 0.3) is 286 Å². The molecule has 0 saturated carbocycles. The first-order valence-electron chi connectivity index (χ1n) is 48.9. The van der Waals surface area contributed by atoms with E-state index in [4.69, 9.17) is 38.7 Å². The second kappa shape index (κ2) is 33.7. The van der Waals surface area contributed by atoms with E-state index in [1.54, 1.807) is 0 Å². The first kappa shape index (κ1) is 82.7. The molecule has 12 nitrogen and oxygen atoms in total. The average molecular weight is 1870 g/mol. The Morgan fingerprint density at radius 3 is 1.12 bits per heavy atom. The second-order valence-corrected chi connectivity index (χ2v) is 38.0. The van der Waals surface area contributed by atoms with Gasteiger partial charge in [0, 0.05) is 124 Å². The molecule has 31 rings (SSSR count). The van der Waals surface area contributed by atoms with Crippen molar-refractivity contribution in [2.45, 2.75) is 0 Å². The molecule has 31 aromatic rings. The van der Waals surface area contributed by atoms with Crippen molar-refractivity contribution < 1.29 is 8.83 Å². The number of furan rings is 2. The Kier molecular flexibility index (Phi) is 19.3. The van der Waals surface area contributed by atoms with Crippen LogP contribution in [0.1, 0.15) is 0 Å². The highest BCUT2D eigenvalue weighted by Crippen LogP contribution is 2.49. The van der Waals surface area contributed by atoms with Crippen molar-refractivity contribution in [1.82, 2.24) is 48.2 Å². The number of para-hydroxylation sites is 8. The Labute approximate surface area is 833 Å². The van der Waals surface area contributed by atoms with Crippen molar-refractivity contribution in [1.29, 1.82) is 0 Å². The van der Waals surface area contributed by atoms with Gasteiger partial charge in [0.1, 0.15) is 22.3 Å². The van der Waals surface area contributed by atoms with Gasteiger partial charge in [-0.25, -0.2) is 29.9 Å². The van der Waals surface area contributed by atoms with E-state index in [2.05, 4.69) is 431 Å². The van der Waals surface area contributed by atoms with E-state index in [0.717, 1.165) is 193 Å². The number of fused-ring (bicyclic) bond motifs is 27. The lowest BCUT2D eigenvalue weighted by molar-refractivity contribution is 0.672. The molecule has 0 aliphatic heterocycles. The largest absolute Gasteiger partial charge is 0.455 e. The molecule has 145 heavy (non-hydrogen) atoms. The van der Waals surface area contributed by atoms with Crippen LogP contribution in [-0.4, -0.2) is 48.2 Å². The van der Waals surface area contributed by atoms with Crippen LogP contribution < -0.4 is 0 Å².